The molecule has 0 unspecified atom stereocenters. The molecule has 4 N–H and O–H groups in total. The smallest absolute Gasteiger partial charge is 0.437 e. The summed E-state index contributed by atoms with van der Waals surface area (Å²) in [5.74, 6) is -1.14. The molecule has 1 aliphatic rings. The van der Waals surface area contributed by atoms with Gasteiger partial charge in [0.25, 0.3) is 0 Å². The molecule has 16 nitrogen and oxygen atoms in total. The lowest BCUT2D eigenvalue weighted by molar-refractivity contribution is -0.163. The zero-order chi connectivity index (χ0) is 31.5. The predicted molar refractivity (Wildman–Crippen MR) is 147 cm³/mol. The second-order valence-electron chi connectivity index (χ2n) is 11.5. The normalized spacial score (nSPS) is 23.5. The number of nitrogen functional groups attached to an aromatic ring is 1. The van der Waals surface area contributed by atoms with Gasteiger partial charge in [0.05, 0.1) is 23.1 Å². The highest BCUT2D eigenvalue weighted by Crippen LogP contribution is 2.51. The Morgan fingerprint density at radius 3 is 2.19 bits per heavy atom. The lowest BCUT2D eigenvalue weighted by atomic mass is 9.92. The van der Waals surface area contributed by atoms with E-state index in [4.69, 9.17) is 33.5 Å². The molecule has 3 rings (SSSR count). The van der Waals surface area contributed by atoms with Crippen molar-refractivity contribution in [1.29, 1.82) is 0 Å². The van der Waals surface area contributed by atoms with E-state index in [9.17, 15) is 24.4 Å². The average Bonchev–Trinajstić information content (AvgIpc) is 3.43. The van der Waals surface area contributed by atoms with Crippen LogP contribution in [0.2, 0.25) is 0 Å². The largest absolute Gasteiger partial charge is 0.480 e. The molecule has 0 bridgehead atoms. The second-order valence-corrected chi connectivity index (χ2v) is 13.2. The molecule has 0 spiro atoms. The molecule has 2 aromatic rings. The first-order chi connectivity index (χ1) is 19.4. The number of ether oxygens (including phenoxy) is 3. The number of fused-ring (bicyclic) bond motifs is 1. The first-order valence-electron chi connectivity index (χ1n) is 12.9. The van der Waals surface area contributed by atoms with Gasteiger partial charge in [-0.2, -0.15) is 5.10 Å². The van der Waals surface area contributed by atoms with Gasteiger partial charge in [-0.25, -0.2) is 23.1 Å². The number of carbonyl (C=O) groups is 2. The number of rotatable bonds is 11. The van der Waals surface area contributed by atoms with Crippen LogP contribution < -0.4 is 5.73 Å². The monoisotopic (exact) mass is 615 g/mol. The number of nitrogens with two attached hydrogens (primary N) is 1. The highest BCUT2D eigenvalue weighted by Gasteiger charge is 2.56. The Hall–Kier alpha value is -2.98. The molecule has 1 aliphatic heterocycles. The lowest BCUT2D eigenvalue weighted by Crippen LogP contribution is -2.43. The second kappa shape index (κ2) is 12.7. The van der Waals surface area contributed by atoms with Gasteiger partial charge >= 0.3 is 19.8 Å². The minimum atomic E-state index is -4.60. The molecule has 0 aliphatic carbocycles. The highest BCUT2D eigenvalue weighted by atomic mass is 31.2. The quantitative estimate of drug-likeness (QED) is 0.142. The molecule has 0 saturated carbocycles. The predicted octanol–water partition coefficient (Wildman–Crippen LogP) is 1.58. The third-order valence-electron chi connectivity index (χ3n) is 6.12. The van der Waals surface area contributed by atoms with Crippen molar-refractivity contribution < 1.29 is 52.1 Å². The molecule has 234 valence electrons. The van der Waals surface area contributed by atoms with Crippen molar-refractivity contribution in [2.45, 2.75) is 65.5 Å². The average molecular weight is 616 g/mol. The van der Waals surface area contributed by atoms with Gasteiger partial charge in [0.15, 0.2) is 11.4 Å². The van der Waals surface area contributed by atoms with Crippen LogP contribution in [0.15, 0.2) is 23.5 Å². The number of phosphoric ester groups is 1. The van der Waals surface area contributed by atoms with E-state index in [1.54, 1.807) is 53.7 Å². The number of hydrogen-bond donors (Lipinski definition) is 3. The fourth-order valence-electron chi connectivity index (χ4n) is 3.80. The summed E-state index contributed by atoms with van der Waals surface area (Å²) in [5, 5.41) is 26.2. The Kier molecular flexibility index (Phi) is 10.1. The molecular weight excluding hydrogens is 577 g/mol. The number of esters is 2. The summed E-state index contributed by atoms with van der Waals surface area (Å²) in [4.78, 5) is 32.2. The topological polar surface area (TPSA) is 216 Å². The van der Waals surface area contributed by atoms with Crippen molar-refractivity contribution >= 4 is 37.3 Å². The highest BCUT2D eigenvalue weighted by molar-refractivity contribution is 7.48. The Bertz CT molecular complexity index is 1320. The first-order valence-corrected chi connectivity index (χ1v) is 14.4. The van der Waals surface area contributed by atoms with Gasteiger partial charge in [-0.05, 0) is 53.7 Å². The van der Waals surface area contributed by atoms with Crippen LogP contribution in [0.3, 0.4) is 0 Å². The lowest BCUT2D eigenvalue weighted by Gasteiger charge is -2.28. The number of aromatic nitrogens is 3. The zero-order valence-corrected chi connectivity index (χ0v) is 25.4. The van der Waals surface area contributed by atoms with E-state index in [-0.39, 0.29) is 11.5 Å². The number of phosphoric acid groups is 1. The molecule has 4 atom stereocenters. The van der Waals surface area contributed by atoms with Crippen molar-refractivity contribution in [1.82, 2.24) is 14.6 Å². The van der Waals surface area contributed by atoms with Crippen LogP contribution in [-0.2, 0) is 47.5 Å². The fourth-order valence-corrected chi connectivity index (χ4v) is 4.72. The van der Waals surface area contributed by atoms with Crippen LogP contribution in [0, 0.1) is 10.8 Å². The van der Waals surface area contributed by atoms with E-state index in [2.05, 4.69) is 15.1 Å². The van der Waals surface area contributed by atoms with Gasteiger partial charge in [0.2, 0.25) is 13.6 Å². The van der Waals surface area contributed by atoms with Crippen LogP contribution in [-0.4, -0.2) is 88.5 Å². The summed E-state index contributed by atoms with van der Waals surface area (Å²) in [5.41, 5.74) is 3.14. The molecule has 0 aromatic carbocycles. The van der Waals surface area contributed by atoms with E-state index >= 15 is 0 Å². The number of aliphatic imine (C=N–C) groups is 1. The van der Waals surface area contributed by atoms with E-state index in [0.717, 1.165) is 0 Å². The minimum absolute atomic E-state index is 0.169. The summed E-state index contributed by atoms with van der Waals surface area (Å²) in [6.45, 7) is 7.38. The fraction of sp³-hybridized carbons (Fsp3) is 0.640. The maximum atomic E-state index is 13.4. The SMILES string of the molecule is CN=C[C@@]1(c2ccc3c(N)ncnn23)O[C@H](COP(=O)(OCOC(=O)C(C)(C)C)OCOC(=O)C(C)(C)C)[C@@H](O)[C@H]1O. The molecule has 0 amide bonds. The van der Waals surface area contributed by atoms with Crippen molar-refractivity contribution in [2.75, 3.05) is 33.0 Å². The van der Waals surface area contributed by atoms with Crippen molar-refractivity contribution in [2.24, 2.45) is 15.8 Å². The van der Waals surface area contributed by atoms with Gasteiger partial charge in [-0.15, -0.1) is 0 Å². The number of aliphatic hydroxyl groups excluding tert-OH is 2. The zero-order valence-electron chi connectivity index (χ0n) is 24.5. The summed E-state index contributed by atoms with van der Waals surface area (Å²) >= 11 is 0. The first kappa shape index (κ1) is 33.5. The van der Waals surface area contributed by atoms with Crippen LogP contribution in [0.25, 0.3) is 5.52 Å². The van der Waals surface area contributed by atoms with Crippen LogP contribution in [0.4, 0.5) is 5.82 Å². The number of aliphatic hydroxyl groups is 2. The van der Waals surface area contributed by atoms with Crippen LogP contribution in [0.5, 0.6) is 0 Å². The molecular formula is C25H38N5O11P. The van der Waals surface area contributed by atoms with Crippen LogP contribution in [0.1, 0.15) is 47.2 Å². The van der Waals surface area contributed by atoms with E-state index in [1.807, 2.05) is 0 Å². The molecule has 1 saturated heterocycles. The Balaban J connectivity index is 1.80. The van der Waals surface area contributed by atoms with E-state index < -0.39 is 74.7 Å². The summed E-state index contributed by atoms with van der Waals surface area (Å²) in [6.07, 6.45) is -1.99. The van der Waals surface area contributed by atoms with Crippen molar-refractivity contribution in [3.05, 3.63) is 24.2 Å². The van der Waals surface area contributed by atoms with Crippen molar-refractivity contribution in [3.8, 4) is 0 Å². The molecule has 17 heteroatoms. The summed E-state index contributed by atoms with van der Waals surface area (Å²) in [6, 6.07) is 3.18. The third kappa shape index (κ3) is 7.32. The number of nitrogens with zero attached hydrogens (tertiary/aromatic N) is 4. The number of hydrogen-bond acceptors (Lipinski definition) is 15. The molecule has 1 fully saturated rings. The Morgan fingerprint density at radius 1 is 1.10 bits per heavy atom. The number of carbonyl (C=O) groups excluding carboxylic acids is 2. The maximum Gasteiger partial charge on any atom is 0.480 e. The van der Waals surface area contributed by atoms with Crippen molar-refractivity contribution in [3.63, 3.8) is 0 Å². The molecule has 0 radical (unpaired) electrons. The Morgan fingerprint density at radius 2 is 1.67 bits per heavy atom. The minimum Gasteiger partial charge on any atom is -0.437 e. The van der Waals surface area contributed by atoms with E-state index in [1.165, 1.54) is 24.1 Å². The number of anilines is 1. The molecule has 2 aromatic heterocycles. The molecule has 42 heavy (non-hydrogen) atoms. The Labute approximate surface area is 242 Å². The third-order valence-corrected chi connectivity index (χ3v) is 7.43. The molecule has 3 heterocycles. The van der Waals surface area contributed by atoms with Crippen LogP contribution >= 0.6 is 7.82 Å². The van der Waals surface area contributed by atoms with Gasteiger partial charge in [0, 0.05) is 13.3 Å². The summed E-state index contributed by atoms with van der Waals surface area (Å²) < 4.78 is 46.6. The van der Waals surface area contributed by atoms with Gasteiger partial charge < -0.3 is 30.2 Å². The maximum absolute atomic E-state index is 13.4. The van der Waals surface area contributed by atoms with Gasteiger partial charge in [-0.1, -0.05) is 0 Å². The van der Waals surface area contributed by atoms with Gasteiger partial charge in [0.1, 0.15) is 30.2 Å². The van der Waals surface area contributed by atoms with Gasteiger partial charge in [-0.3, -0.25) is 19.1 Å². The van der Waals surface area contributed by atoms with E-state index in [0.29, 0.717) is 5.52 Å². The summed E-state index contributed by atoms with van der Waals surface area (Å²) in [7, 11) is -3.16. The standard InChI is InChI=1S/C25H38N5O11P/c1-23(2,3)21(33)36-13-39-42(35,40-14-37-22(34)24(4,5)6)38-10-16-18(31)19(32)25(41-16,11-27-7)17-9-8-15-20(26)28-12-29-30(15)17/h8-9,11-12,16,18-19,31-32H,10,13-14H2,1-7H3,(H2,26,28,29)/t16-,18-,19-,25+/m1/s1.